The topological polar surface area (TPSA) is 136 Å². The minimum absolute atomic E-state index is 0.000464. The normalized spacial score (nSPS) is 12.8. The van der Waals surface area contributed by atoms with Crippen LogP contribution < -0.4 is 10.4 Å². The highest BCUT2D eigenvalue weighted by Gasteiger charge is 2.35. The molecule has 0 radical (unpaired) electrons. The quantitative estimate of drug-likeness (QED) is 0.169. The van der Waals surface area contributed by atoms with Crippen LogP contribution in [0, 0.1) is 77.0 Å². The fourth-order valence-electron chi connectivity index (χ4n) is 6.31. The first-order chi connectivity index (χ1) is 24.2. The minimum atomic E-state index is -1.09. The lowest BCUT2D eigenvalue weighted by Crippen LogP contribution is -2.26. The van der Waals surface area contributed by atoms with Crippen LogP contribution in [-0.4, -0.2) is 19.9 Å². The molecule has 0 N–H and O–H groups in total. The molecule has 0 bridgehead atoms. The number of hydrogen-bond acceptors (Lipinski definition) is 7. The molecule has 0 fully saturated rings. The van der Waals surface area contributed by atoms with Crippen molar-refractivity contribution in [2.75, 3.05) is 0 Å². The Morgan fingerprint density at radius 2 is 1.10 bits per heavy atom. The Kier molecular flexibility index (Phi) is 7.08. The second-order valence-electron chi connectivity index (χ2n) is 10.9. The molecule has 50 heavy (non-hydrogen) atoms. The maximum atomic E-state index is 14.5. The molecule has 0 amide bonds. The third-order valence-corrected chi connectivity index (χ3v) is 8.34. The van der Waals surface area contributed by atoms with E-state index >= 15 is 0 Å². The zero-order valence-corrected chi connectivity index (χ0v) is 24.9. The van der Waals surface area contributed by atoms with Crippen molar-refractivity contribution in [1.29, 1.82) is 15.8 Å². The van der Waals surface area contributed by atoms with Crippen LogP contribution in [0.1, 0.15) is 28.1 Å². The van der Waals surface area contributed by atoms with E-state index in [1.54, 1.807) is 0 Å². The molecule has 0 saturated carbocycles. The summed E-state index contributed by atoms with van der Waals surface area (Å²) in [4.78, 5) is 27.9. The Hall–Kier alpha value is -7.78. The third-order valence-electron chi connectivity index (χ3n) is 8.34. The van der Waals surface area contributed by atoms with Crippen LogP contribution in [0.5, 0.6) is 0 Å². The molecular formula is C36H10F4N10. The number of benzene rings is 3. The van der Waals surface area contributed by atoms with Gasteiger partial charge >= 0.3 is 0 Å². The Balaban J connectivity index is 1.52. The summed E-state index contributed by atoms with van der Waals surface area (Å²) in [6, 6.07) is 9.06. The van der Waals surface area contributed by atoms with Gasteiger partial charge in [0.05, 0.1) is 78.4 Å². The van der Waals surface area contributed by atoms with Gasteiger partial charge in [-0.15, -0.1) is 0 Å². The van der Waals surface area contributed by atoms with Crippen molar-refractivity contribution in [2.45, 2.75) is 12.8 Å². The number of halogens is 4. The highest BCUT2D eigenvalue weighted by molar-refractivity contribution is 5.91. The first-order valence-corrected chi connectivity index (χ1v) is 14.2. The van der Waals surface area contributed by atoms with Gasteiger partial charge in [0.25, 0.3) is 17.1 Å². The molecule has 0 aliphatic heterocycles. The number of rotatable bonds is 2. The van der Waals surface area contributed by atoms with E-state index in [-0.39, 0.29) is 91.1 Å². The average molecular weight is 659 g/mol. The van der Waals surface area contributed by atoms with Crippen molar-refractivity contribution in [1.82, 2.24) is 19.9 Å². The second-order valence-corrected chi connectivity index (χ2v) is 10.9. The monoisotopic (exact) mass is 658 g/mol. The van der Waals surface area contributed by atoms with Gasteiger partial charge in [-0.2, -0.15) is 5.26 Å². The molecule has 14 heteroatoms. The summed E-state index contributed by atoms with van der Waals surface area (Å²) in [7, 11) is 0. The van der Waals surface area contributed by atoms with Gasteiger partial charge in [-0.25, -0.2) is 52.6 Å². The average Bonchev–Trinajstić information content (AvgIpc) is 3.67. The number of nitriles is 3. The van der Waals surface area contributed by atoms with Crippen LogP contribution in [0.25, 0.3) is 71.0 Å². The SMILES string of the molecule is [C-]#[N+]/C(C#N)=c1/c2c(/c(=C(\C#N)[N+]#[C-])c3c1Cc1nc(-c4cc(F)c([N+]#[C-])c(F)c4)cnc1-3)-c1ncc(-c3cc(F)c(C#N)c(F)c3)nc1C2. The summed E-state index contributed by atoms with van der Waals surface area (Å²) < 4.78 is 57.9. The van der Waals surface area contributed by atoms with Crippen LogP contribution >= 0.6 is 0 Å². The lowest BCUT2D eigenvalue weighted by atomic mass is 9.92. The van der Waals surface area contributed by atoms with Crippen molar-refractivity contribution in [2.24, 2.45) is 0 Å². The number of hydrogen-bond donors (Lipinski definition) is 0. The number of fused-ring (bicyclic) bond motifs is 6. The molecule has 2 heterocycles. The van der Waals surface area contributed by atoms with Gasteiger partial charge in [0, 0.05) is 45.5 Å². The molecule has 2 aliphatic rings. The summed E-state index contributed by atoms with van der Waals surface area (Å²) in [5.41, 5.74) is 0.0328. The van der Waals surface area contributed by atoms with E-state index in [0.29, 0.717) is 11.1 Å². The Labute approximate surface area is 278 Å². The van der Waals surface area contributed by atoms with Crippen molar-refractivity contribution < 1.29 is 17.6 Å². The molecule has 0 unspecified atom stereocenters. The van der Waals surface area contributed by atoms with Gasteiger partial charge in [0.15, 0.2) is 0 Å². The van der Waals surface area contributed by atoms with E-state index in [0.717, 1.165) is 24.3 Å². The van der Waals surface area contributed by atoms with E-state index in [1.165, 1.54) is 18.5 Å². The molecule has 5 aromatic rings. The molecular weight excluding hydrogens is 648 g/mol. The summed E-state index contributed by atoms with van der Waals surface area (Å²) in [5, 5.41) is 29.5. The van der Waals surface area contributed by atoms with Crippen LogP contribution in [0.15, 0.2) is 36.7 Å². The van der Waals surface area contributed by atoms with Crippen LogP contribution in [0.4, 0.5) is 23.2 Å². The van der Waals surface area contributed by atoms with Gasteiger partial charge in [0.2, 0.25) is 0 Å². The van der Waals surface area contributed by atoms with Gasteiger partial charge in [-0.1, -0.05) is 0 Å². The molecule has 0 saturated heterocycles. The van der Waals surface area contributed by atoms with E-state index in [2.05, 4.69) is 34.5 Å². The van der Waals surface area contributed by atoms with Gasteiger partial charge in [-0.3, -0.25) is 9.97 Å². The maximum absolute atomic E-state index is 14.5. The Bertz CT molecular complexity index is 2610. The molecule has 7 rings (SSSR count). The van der Waals surface area contributed by atoms with Crippen molar-refractivity contribution in [3.63, 3.8) is 0 Å². The van der Waals surface area contributed by atoms with E-state index < -0.39 is 34.5 Å². The molecule has 2 aliphatic carbocycles. The maximum Gasteiger partial charge on any atom is 0.270 e. The van der Waals surface area contributed by atoms with Crippen molar-refractivity contribution in [3.05, 3.63) is 133 Å². The van der Waals surface area contributed by atoms with Gasteiger partial charge in [0.1, 0.15) is 34.9 Å². The Morgan fingerprint density at radius 3 is 1.50 bits per heavy atom. The predicted octanol–water partition coefficient (Wildman–Crippen LogP) is 5.82. The molecule has 0 atom stereocenters. The largest absolute Gasteiger partial charge is 0.270 e. The first-order valence-electron chi connectivity index (χ1n) is 14.2. The zero-order chi connectivity index (χ0) is 35.4. The van der Waals surface area contributed by atoms with E-state index in [9.17, 15) is 28.1 Å². The molecule has 3 aromatic carbocycles. The molecule has 232 valence electrons. The van der Waals surface area contributed by atoms with E-state index in [1.807, 2.05) is 12.1 Å². The van der Waals surface area contributed by atoms with Crippen molar-refractivity contribution in [3.8, 4) is 63.2 Å². The number of nitrogens with zero attached hydrogens (tertiary/aromatic N) is 10. The summed E-state index contributed by atoms with van der Waals surface area (Å²) in [6.45, 7) is 22.7. The lowest BCUT2D eigenvalue weighted by Gasteiger charge is -2.12. The summed E-state index contributed by atoms with van der Waals surface area (Å²) in [6.07, 6.45) is 2.38. The van der Waals surface area contributed by atoms with Crippen LogP contribution in [0.2, 0.25) is 0 Å². The summed E-state index contributed by atoms with van der Waals surface area (Å²) >= 11 is 0. The van der Waals surface area contributed by atoms with Gasteiger partial charge < -0.3 is 0 Å². The van der Waals surface area contributed by atoms with Gasteiger partial charge in [-0.05, 0) is 35.4 Å². The van der Waals surface area contributed by atoms with E-state index in [4.69, 9.17) is 25.0 Å². The summed E-state index contributed by atoms with van der Waals surface area (Å²) in [5.74, 6) is -4.36. The highest BCUT2D eigenvalue weighted by atomic mass is 19.1. The van der Waals surface area contributed by atoms with Crippen LogP contribution in [0.3, 0.4) is 0 Å². The zero-order valence-electron chi connectivity index (χ0n) is 24.9. The fraction of sp³-hybridized carbons (Fsp3) is 0.0556. The minimum Gasteiger partial charge on any atom is -0.252 e. The van der Waals surface area contributed by atoms with Crippen molar-refractivity contribution >= 4 is 17.1 Å². The predicted molar refractivity (Wildman–Crippen MR) is 166 cm³/mol. The lowest BCUT2D eigenvalue weighted by molar-refractivity contribution is 0.577. The first kappa shape index (κ1) is 30.9. The molecule has 2 aromatic heterocycles. The third kappa shape index (κ3) is 4.43. The molecule has 0 spiro atoms. The fourth-order valence-corrected chi connectivity index (χ4v) is 6.31. The van der Waals surface area contributed by atoms with Crippen LogP contribution in [-0.2, 0) is 12.8 Å². The molecule has 10 nitrogen and oxygen atoms in total. The highest BCUT2D eigenvalue weighted by Crippen LogP contribution is 2.39. The number of aromatic nitrogens is 4. The Morgan fingerprint density at radius 1 is 0.660 bits per heavy atom. The smallest absolute Gasteiger partial charge is 0.252 e. The standard InChI is InChI=1S/C36H10F4N10/c1-44-26(11-42)30-17-8-24-35(47-13-28(49-24)15-4-20(37)19(10-41)21(38)5-15)31(17)33(27(12-43)45-2)32-18(30)9-25-36(32)48-14-29(50-25)16-6-22(39)34(46-3)23(40)7-16/h4-7,13-14H,8-9H2/b30-26-,33-27-. The second kappa shape index (κ2) is 11.5.